The number of carboxylic acids is 1. The summed E-state index contributed by atoms with van der Waals surface area (Å²) in [7, 11) is -1.49. The summed E-state index contributed by atoms with van der Waals surface area (Å²) in [5.41, 5.74) is 7.81. The number of anilines is 2. The Morgan fingerprint density at radius 3 is 2.36 bits per heavy atom. The maximum absolute atomic E-state index is 12.9. The normalized spacial score (nSPS) is 11.6. The number of carbonyl (C=O) groups is 2. The number of amides is 1. The summed E-state index contributed by atoms with van der Waals surface area (Å²) in [6, 6.07) is 13.3. The molecule has 5 N–H and O–H groups in total. The van der Waals surface area contributed by atoms with Crippen LogP contribution >= 0.6 is 0 Å². The van der Waals surface area contributed by atoms with Gasteiger partial charge in [-0.1, -0.05) is 36.4 Å². The molecule has 0 aliphatic carbocycles. The Bertz CT molecular complexity index is 1380. The molecule has 2 aromatic heterocycles. The number of halogens is 3. The number of rotatable bonds is 9. The minimum atomic E-state index is -5.08. The average molecular weight is 569 g/mol. The molecule has 0 saturated carbocycles. The number of benzene rings is 1. The van der Waals surface area contributed by atoms with E-state index in [2.05, 4.69) is 20.6 Å². The number of nitrogen functional groups attached to an aromatic ring is 1. The van der Waals surface area contributed by atoms with Crippen LogP contribution in [0.5, 0.6) is 0 Å². The van der Waals surface area contributed by atoms with Gasteiger partial charge in [-0.3, -0.25) is 18.4 Å². The Morgan fingerprint density at radius 2 is 1.79 bits per heavy atom. The quantitative estimate of drug-likeness (QED) is 0.301. The molecule has 210 valence electrons. The van der Waals surface area contributed by atoms with E-state index in [4.69, 9.17) is 15.6 Å². The molecule has 0 radical (unpaired) electrons. The standard InChI is InChI=1S/C22H26N6O3S.C2HF3O2/c1-15-17(8-9-18(23)27-15)12-25-19(29)14-28-20(32(2)31)13-26-21(22(28)30)24-11-10-16-6-4-3-5-7-16;3-2(4,5)1(6)7/h3-9,13H,10-12,14H2,1-2H3,(H2,23,27)(H,24,26)(H,25,29);(H,6,7). The van der Waals surface area contributed by atoms with Crippen LogP contribution < -0.4 is 21.9 Å². The predicted molar refractivity (Wildman–Crippen MR) is 138 cm³/mol. The second-order valence-corrected chi connectivity index (χ2v) is 9.34. The molecule has 3 aromatic rings. The molecule has 0 aliphatic heterocycles. The summed E-state index contributed by atoms with van der Waals surface area (Å²) >= 11 is 0. The molecular formula is C24H27F3N6O5S. The Labute approximate surface area is 223 Å². The van der Waals surface area contributed by atoms with Crippen LogP contribution in [0.2, 0.25) is 0 Å². The average Bonchev–Trinajstić information content (AvgIpc) is 2.86. The van der Waals surface area contributed by atoms with Crippen LogP contribution in [0.4, 0.5) is 24.8 Å². The zero-order valence-electron chi connectivity index (χ0n) is 21.0. The highest BCUT2D eigenvalue weighted by molar-refractivity contribution is 7.84. The SMILES string of the molecule is Cc1nc(N)ccc1CNC(=O)Cn1c(S(C)=O)cnc(NCCc2ccccc2)c1=O.O=C(O)C(F)(F)F. The number of pyridine rings is 1. The van der Waals surface area contributed by atoms with Crippen molar-refractivity contribution < 1.29 is 32.1 Å². The van der Waals surface area contributed by atoms with E-state index >= 15 is 0 Å². The van der Waals surface area contributed by atoms with Gasteiger partial charge < -0.3 is 21.5 Å². The molecule has 15 heteroatoms. The van der Waals surface area contributed by atoms with E-state index in [1.165, 1.54) is 17.0 Å². The Hall–Kier alpha value is -4.27. The van der Waals surface area contributed by atoms with Crippen molar-refractivity contribution in [2.75, 3.05) is 23.9 Å². The maximum atomic E-state index is 12.9. The summed E-state index contributed by atoms with van der Waals surface area (Å²) < 4.78 is 45.0. The highest BCUT2D eigenvalue weighted by Crippen LogP contribution is 2.13. The number of nitrogens with zero attached hydrogens (tertiary/aromatic N) is 3. The third kappa shape index (κ3) is 9.85. The molecule has 1 aromatic carbocycles. The molecule has 2 heterocycles. The lowest BCUT2D eigenvalue weighted by molar-refractivity contribution is -0.192. The van der Waals surface area contributed by atoms with Crippen LogP contribution in [0.1, 0.15) is 16.8 Å². The zero-order chi connectivity index (χ0) is 29.2. The van der Waals surface area contributed by atoms with E-state index in [9.17, 15) is 27.0 Å². The van der Waals surface area contributed by atoms with Crippen LogP contribution in [-0.2, 0) is 39.9 Å². The Morgan fingerprint density at radius 1 is 1.15 bits per heavy atom. The number of aliphatic carboxylic acids is 1. The van der Waals surface area contributed by atoms with Crippen LogP contribution in [0.3, 0.4) is 0 Å². The van der Waals surface area contributed by atoms with E-state index in [1.54, 1.807) is 19.1 Å². The number of alkyl halides is 3. The van der Waals surface area contributed by atoms with E-state index in [0.717, 1.165) is 11.1 Å². The second-order valence-electron chi connectivity index (χ2n) is 8.01. The number of aryl methyl sites for hydroxylation is 1. The first kappa shape index (κ1) is 31.0. The molecule has 0 aliphatic rings. The molecule has 3 rings (SSSR count). The Balaban J connectivity index is 0.000000673. The van der Waals surface area contributed by atoms with Gasteiger partial charge in [0.2, 0.25) is 5.91 Å². The van der Waals surface area contributed by atoms with Gasteiger partial charge in [-0.05, 0) is 30.5 Å². The number of carbonyl (C=O) groups excluding carboxylic acids is 1. The summed E-state index contributed by atoms with van der Waals surface area (Å²) in [5, 5.41) is 13.1. The molecule has 0 spiro atoms. The third-order valence-electron chi connectivity index (χ3n) is 5.10. The van der Waals surface area contributed by atoms with E-state index in [-0.39, 0.29) is 23.9 Å². The molecular weight excluding hydrogens is 541 g/mol. The fraction of sp³-hybridized carbons (Fsp3) is 0.292. The van der Waals surface area contributed by atoms with Gasteiger partial charge >= 0.3 is 12.1 Å². The number of carboxylic acid groups (broad SMARTS) is 1. The van der Waals surface area contributed by atoms with Gasteiger partial charge in [0.05, 0.1) is 17.0 Å². The van der Waals surface area contributed by atoms with Crippen molar-refractivity contribution in [3.05, 3.63) is 75.8 Å². The van der Waals surface area contributed by atoms with Gasteiger partial charge in [0.25, 0.3) is 5.56 Å². The van der Waals surface area contributed by atoms with Crippen LogP contribution in [0, 0.1) is 6.92 Å². The van der Waals surface area contributed by atoms with Crippen molar-refractivity contribution in [1.29, 1.82) is 0 Å². The van der Waals surface area contributed by atoms with Gasteiger partial charge in [-0.15, -0.1) is 0 Å². The minimum absolute atomic E-state index is 0.113. The van der Waals surface area contributed by atoms with E-state index < -0.39 is 34.4 Å². The van der Waals surface area contributed by atoms with Crippen molar-refractivity contribution >= 4 is 34.3 Å². The maximum Gasteiger partial charge on any atom is 0.490 e. The topological polar surface area (TPSA) is 169 Å². The van der Waals surface area contributed by atoms with Crippen LogP contribution in [-0.4, -0.2) is 54.7 Å². The summed E-state index contributed by atoms with van der Waals surface area (Å²) in [6.45, 7) is 2.27. The first-order valence-electron chi connectivity index (χ1n) is 11.3. The first-order valence-corrected chi connectivity index (χ1v) is 12.8. The lowest BCUT2D eigenvalue weighted by Gasteiger charge is -2.14. The summed E-state index contributed by atoms with van der Waals surface area (Å²) in [4.78, 5) is 42.7. The predicted octanol–water partition coefficient (Wildman–Crippen LogP) is 1.87. The first-order chi connectivity index (χ1) is 18.3. The number of nitrogens with one attached hydrogen (secondary N) is 2. The van der Waals surface area contributed by atoms with Crippen LogP contribution in [0.25, 0.3) is 0 Å². The molecule has 0 saturated heterocycles. The zero-order valence-corrected chi connectivity index (χ0v) is 21.8. The molecule has 11 nitrogen and oxygen atoms in total. The van der Waals surface area contributed by atoms with Crippen molar-refractivity contribution in [2.45, 2.75) is 37.6 Å². The number of hydrogen-bond acceptors (Lipinski definition) is 8. The highest BCUT2D eigenvalue weighted by atomic mass is 32.2. The van der Waals surface area contributed by atoms with Gasteiger partial charge in [-0.2, -0.15) is 13.2 Å². The van der Waals surface area contributed by atoms with E-state index in [0.29, 0.717) is 24.5 Å². The summed E-state index contributed by atoms with van der Waals surface area (Å²) in [6.07, 6.45) is -1.57. The van der Waals surface area contributed by atoms with Crippen molar-refractivity contribution in [3.8, 4) is 0 Å². The van der Waals surface area contributed by atoms with Crippen molar-refractivity contribution in [2.24, 2.45) is 0 Å². The third-order valence-corrected chi connectivity index (χ3v) is 6.01. The second kappa shape index (κ2) is 14.0. The van der Waals surface area contributed by atoms with Gasteiger partial charge in [0.1, 0.15) is 17.4 Å². The molecule has 0 bridgehead atoms. The Kier molecular flexibility index (Phi) is 11.1. The lowest BCUT2D eigenvalue weighted by Crippen LogP contribution is -2.35. The molecule has 1 amide bonds. The van der Waals surface area contributed by atoms with Crippen molar-refractivity contribution in [1.82, 2.24) is 19.9 Å². The highest BCUT2D eigenvalue weighted by Gasteiger charge is 2.38. The molecule has 1 atom stereocenters. The van der Waals surface area contributed by atoms with E-state index in [1.807, 2.05) is 30.3 Å². The lowest BCUT2D eigenvalue weighted by atomic mass is 10.1. The fourth-order valence-corrected chi connectivity index (χ4v) is 3.79. The van der Waals surface area contributed by atoms with Crippen molar-refractivity contribution in [3.63, 3.8) is 0 Å². The number of aromatic nitrogens is 3. The molecule has 39 heavy (non-hydrogen) atoms. The monoisotopic (exact) mass is 568 g/mol. The van der Waals surface area contributed by atoms with Gasteiger partial charge in [-0.25, -0.2) is 14.8 Å². The number of nitrogens with two attached hydrogens (primary N) is 1. The smallest absolute Gasteiger partial charge is 0.475 e. The molecule has 1 unspecified atom stereocenters. The number of hydrogen-bond donors (Lipinski definition) is 4. The summed E-state index contributed by atoms with van der Waals surface area (Å²) in [5.74, 6) is -2.63. The minimum Gasteiger partial charge on any atom is -0.475 e. The van der Waals surface area contributed by atoms with Gasteiger partial charge in [0.15, 0.2) is 5.82 Å². The van der Waals surface area contributed by atoms with Crippen LogP contribution in [0.15, 0.2) is 58.5 Å². The van der Waals surface area contributed by atoms with Gasteiger partial charge in [0, 0.05) is 25.0 Å². The fourth-order valence-electron chi connectivity index (χ4n) is 3.13. The largest absolute Gasteiger partial charge is 0.490 e. The molecule has 0 fully saturated rings.